The number of aromatic nitrogens is 1. The van der Waals surface area contributed by atoms with Crippen molar-refractivity contribution in [3.63, 3.8) is 0 Å². The summed E-state index contributed by atoms with van der Waals surface area (Å²) in [5.74, 6) is -3.52. The van der Waals surface area contributed by atoms with Crippen LogP contribution in [-0.4, -0.2) is 84.4 Å². The summed E-state index contributed by atoms with van der Waals surface area (Å²) >= 11 is 0. The fourth-order valence-electron chi connectivity index (χ4n) is 8.46. The van der Waals surface area contributed by atoms with Crippen LogP contribution in [0.5, 0.6) is 11.6 Å². The second-order valence-corrected chi connectivity index (χ2v) is 19.6. The van der Waals surface area contributed by atoms with Crippen LogP contribution in [0, 0.1) is 29.1 Å². The van der Waals surface area contributed by atoms with Crippen LogP contribution in [0.15, 0.2) is 42.6 Å². The van der Waals surface area contributed by atoms with Crippen LogP contribution in [0.3, 0.4) is 0 Å². The van der Waals surface area contributed by atoms with Crippen LogP contribution >= 0.6 is 0 Å². The van der Waals surface area contributed by atoms with E-state index in [0.717, 1.165) is 25.7 Å². The quantitative estimate of drug-likeness (QED) is 0.195. The lowest BCUT2D eigenvalue weighted by atomic mass is 9.79. The van der Waals surface area contributed by atoms with Gasteiger partial charge in [-0.05, 0) is 83.1 Å². The third kappa shape index (κ3) is 8.83. The minimum atomic E-state index is -4.00. The van der Waals surface area contributed by atoms with Crippen molar-refractivity contribution in [2.75, 3.05) is 13.7 Å². The number of Topliss-reactive ketones (excluding diaryl/α,β-unsaturated/α-hetero) is 1. The molecule has 2 saturated carbocycles. The molecule has 2 amide bonds. The van der Waals surface area contributed by atoms with Gasteiger partial charge in [-0.3, -0.25) is 23.9 Å². The number of alkyl halides is 2. The molecule has 12 nitrogen and oxygen atoms in total. The third-order valence-electron chi connectivity index (χ3n) is 12.6. The number of pyridine rings is 1. The van der Waals surface area contributed by atoms with Crippen molar-refractivity contribution in [1.29, 1.82) is 0 Å². The molecule has 3 heterocycles. The molecule has 2 aliphatic carbocycles. The number of carbonyl (C=O) groups excluding carboxylic acids is 4. The summed E-state index contributed by atoms with van der Waals surface area (Å²) in [6.45, 7) is 7.70. The van der Waals surface area contributed by atoms with Gasteiger partial charge >= 0.3 is 5.97 Å². The molecule has 2 aliphatic heterocycles. The summed E-state index contributed by atoms with van der Waals surface area (Å²) in [6.07, 6.45) is 4.43. The largest absolute Gasteiger partial charge is 0.494 e. The molecule has 0 unspecified atom stereocenters. The number of rotatable bonds is 11. The van der Waals surface area contributed by atoms with E-state index in [2.05, 4.69) is 9.71 Å². The van der Waals surface area contributed by atoms with Crippen molar-refractivity contribution in [3.05, 3.63) is 42.6 Å². The van der Waals surface area contributed by atoms with Crippen molar-refractivity contribution < 1.29 is 50.6 Å². The number of ketones is 1. The number of methoxy groups -OCH3 is 1. The average Bonchev–Trinajstić information content (AvgIpc) is 4.04. The first-order chi connectivity index (χ1) is 26.8. The lowest BCUT2D eigenvalue weighted by Gasteiger charge is -2.34. The third-order valence-corrected chi connectivity index (χ3v) is 14.8. The maximum Gasteiger partial charge on any atom is 0.307 e. The Morgan fingerprint density at radius 3 is 2.47 bits per heavy atom. The Morgan fingerprint density at radius 1 is 1.12 bits per heavy atom. The number of hydrogen-bond donors (Lipinski definition) is 1. The topological polar surface area (TPSA) is 158 Å². The molecular formula is C42H55F2N3O9S. The number of esters is 1. The summed E-state index contributed by atoms with van der Waals surface area (Å²) in [4.78, 5) is 63.0. The smallest absolute Gasteiger partial charge is 0.307 e. The van der Waals surface area contributed by atoms with Gasteiger partial charge in [0, 0.05) is 23.6 Å². The molecule has 6 rings (SSSR count). The van der Waals surface area contributed by atoms with Crippen LogP contribution < -0.4 is 14.2 Å². The fourth-order valence-corrected chi connectivity index (χ4v) is 9.79. The van der Waals surface area contributed by atoms with E-state index in [1.54, 1.807) is 6.92 Å². The van der Waals surface area contributed by atoms with E-state index in [0.29, 0.717) is 43.2 Å². The van der Waals surface area contributed by atoms with Gasteiger partial charge in [0.15, 0.2) is 11.4 Å². The second-order valence-electron chi connectivity index (χ2n) is 17.4. The van der Waals surface area contributed by atoms with Crippen molar-refractivity contribution in [2.24, 2.45) is 29.1 Å². The van der Waals surface area contributed by atoms with Crippen LogP contribution in [0.2, 0.25) is 0 Å². The number of ether oxygens (including phenoxy) is 3. The molecule has 1 saturated heterocycles. The molecule has 4 aliphatic rings. The maximum atomic E-state index is 15.0. The van der Waals surface area contributed by atoms with Gasteiger partial charge < -0.3 is 19.1 Å². The van der Waals surface area contributed by atoms with Crippen molar-refractivity contribution in [2.45, 2.75) is 128 Å². The Bertz CT molecular complexity index is 2020. The summed E-state index contributed by atoms with van der Waals surface area (Å²) in [5, 5.41) is 1.39. The molecule has 1 aromatic carbocycles. The monoisotopic (exact) mass is 815 g/mol. The molecular weight excluding hydrogens is 761 g/mol. The molecule has 0 spiro atoms. The maximum absolute atomic E-state index is 15.0. The summed E-state index contributed by atoms with van der Waals surface area (Å²) < 4.78 is 72.5. The van der Waals surface area contributed by atoms with Gasteiger partial charge in [-0.2, -0.15) is 0 Å². The Hall–Kier alpha value is -4.14. The number of nitrogens with one attached hydrogen (secondary N) is 1. The van der Waals surface area contributed by atoms with Gasteiger partial charge in [-0.25, -0.2) is 22.2 Å². The molecule has 57 heavy (non-hydrogen) atoms. The molecule has 3 fully saturated rings. The molecule has 2 aromatic rings. The van der Waals surface area contributed by atoms with Gasteiger partial charge in [0.05, 0.1) is 48.4 Å². The van der Waals surface area contributed by atoms with E-state index >= 15 is 0 Å². The van der Waals surface area contributed by atoms with E-state index in [1.807, 2.05) is 50.3 Å². The van der Waals surface area contributed by atoms with Crippen molar-refractivity contribution in [1.82, 2.24) is 14.6 Å². The summed E-state index contributed by atoms with van der Waals surface area (Å²) in [7, 11) is -2.47. The van der Waals surface area contributed by atoms with Crippen LogP contribution in [0.25, 0.3) is 10.8 Å². The highest BCUT2D eigenvalue weighted by Gasteiger charge is 2.63. The lowest BCUT2D eigenvalue weighted by Crippen LogP contribution is -2.48. The highest BCUT2D eigenvalue weighted by molar-refractivity contribution is 7.91. The second kappa shape index (κ2) is 16.2. The Kier molecular flexibility index (Phi) is 12.1. The highest BCUT2D eigenvalue weighted by atomic mass is 32.2. The predicted octanol–water partition coefficient (Wildman–Crippen LogP) is 6.55. The molecule has 1 aromatic heterocycles. The van der Waals surface area contributed by atoms with Gasteiger partial charge in [0.2, 0.25) is 27.7 Å². The number of carbonyl (C=O) groups is 4. The number of fused-ring (bicyclic) bond motifs is 3. The Labute approximate surface area is 333 Å². The number of halogens is 2. The highest BCUT2D eigenvalue weighted by Crippen LogP contribution is 2.58. The fraction of sp³-hybridized carbons (Fsp3) is 0.643. The molecule has 0 radical (unpaired) electrons. The van der Waals surface area contributed by atoms with Crippen LogP contribution in [0.4, 0.5) is 8.78 Å². The van der Waals surface area contributed by atoms with Crippen molar-refractivity contribution in [3.8, 4) is 11.6 Å². The predicted molar refractivity (Wildman–Crippen MR) is 208 cm³/mol. The van der Waals surface area contributed by atoms with Gasteiger partial charge in [0.25, 0.3) is 6.43 Å². The molecule has 7 atom stereocenters. The van der Waals surface area contributed by atoms with E-state index in [9.17, 15) is 36.4 Å². The molecule has 15 heteroatoms. The first-order valence-electron chi connectivity index (χ1n) is 20.0. The van der Waals surface area contributed by atoms with Gasteiger partial charge in [0.1, 0.15) is 11.9 Å². The van der Waals surface area contributed by atoms with E-state index in [1.165, 1.54) is 18.2 Å². The van der Waals surface area contributed by atoms with Gasteiger partial charge in [-0.1, -0.05) is 50.6 Å². The first-order valence-corrected chi connectivity index (χ1v) is 21.5. The molecule has 0 bridgehead atoms. The molecule has 1 N–H and O–H groups in total. The first kappa shape index (κ1) is 42.5. The Morgan fingerprint density at radius 2 is 1.82 bits per heavy atom. The zero-order chi connectivity index (χ0) is 41.5. The number of allylic oxidation sites excluding steroid dienone is 2. The van der Waals surface area contributed by atoms with E-state index in [4.69, 9.17) is 14.2 Å². The zero-order valence-electron chi connectivity index (χ0n) is 33.6. The number of nitrogens with zero attached hydrogens (tertiary/aromatic N) is 2. The number of benzene rings is 1. The van der Waals surface area contributed by atoms with Crippen molar-refractivity contribution >= 4 is 44.4 Å². The summed E-state index contributed by atoms with van der Waals surface area (Å²) in [5.41, 5.74) is -3.42. The lowest BCUT2D eigenvalue weighted by molar-refractivity contribution is -0.174. The Balaban J connectivity index is 1.37. The summed E-state index contributed by atoms with van der Waals surface area (Å²) in [6, 6.07) is 6.24. The SMILES string of the molecule is CC[C@@H]1C[C@H](C)CC/C=C\[C@@H]2C[C@@]2(C(=O)NS(=O)(=O)C2(C)CC2)CC(=O)[C@@H]2C[C@@H](Oc3ncc(OC)c4ccccc34)CN2C(=O)[C@H]1CC(=O)OC(C)(C)C(F)F. The zero-order valence-corrected chi connectivity index (χ0v) is 34.4. The minimum Gasteiger partial charge on any atom is -0.494 e. The van der Waals surface area contributed by atoms with Crippen LogP contribution in [0.1, 0.15) is 98.8 Å². The number of amides is 2. The standard InChI is InChI=1S/C42H55F2N3O9S/c1-7-26-18-25(2)12-8-9-13-27-21-42(27,39(51)46-57(52,53)41(5)16-17-41)22-33(48)32-19-28(55-36-30-15-11-10-14-29(30)34(54-6)23-45-36)24-47(32)37(50)31(26)20-35(49)56-40(3,4)38(43)44/h9-11,13-15,23,25-28,31-32,38H,7-8,12,16-22,24H2,1-6H3,(H,46,51)/b13-9-/t25-,26-,27-,28-,31+,32+,42-/m1/s1. The van der Waals surface area contributed by atoms with E-state index < -0.39 is 80.3 Å². The number of hydrogen-bond acceptors (Lipinski definition) is 10. The normalized spacial score (nSPS) is 29.7. The average molecular weight is 816 g/mol. The molecule has 312 valence electrons. The van der Waals surface area contributed by atoms with Crippen LogP contribution in [-0.2, 0) is 33.9 Å². The number of sulfonamides is 1. The van der Waals surface area contributed by atoms with Gasteiger partial charge in [-0.15, -0.1) is 0 Å². The van der Waals surface area contributed by atoms with E-state index in [-0.39, 0.29) is 49.4 Å². The minimum absolute atomic E-state index is 0.0317.